The van der Waals surface area contributed by atoms with Gasteiger partial charge in [0.2, 0.25) is 0 Å². The van der Waals surface area contributed by atoms with Gasteiger partial charge in [0.15, 0.2) is 0 Å². The average Bonchev–Trinajstić information content (AvgIpc) is 2.25. The fourth-order valence-electron chi connectivity index (χ4n) is 1.06. The molecular formula is C12H9ClO3. The van der Waals surface area contributed by atoms with Gasteiger partial charge in [0, 0.05) is 16.7 Å². The van der Waals surface area contributed by atoms with E-state index in [1.807, 2.05) is 0 Å². The van der Waals surface area contributed by atoms with E-state index in [0.29, 0.717) is 16.3 Å². The molecule has 0 atom stereocenters. The standard InChI is InChI=1S/C12H9ClO3/c1-2-7-16-11-5-4-10(13)8-9(11)3-6-12(14)15/h1,3-6,8H,7H2,(H,14,15)/b6-3+. The molecule has 0 spiro atoms. The number of hydrogen-bond donors (Lipinski definition) is 1. The third kappa shape index (κ3) is 3.68. The van der Waals surface area contributed by atoms with Crippen molar-refractivity contribution >= 4 is 23.6 Å². The number of carboxylic acids is 1. The summed E-state index contributed by atoms with van der Waals surface area (Å²) in [6.45, 7) is 0.121. The lowest BCUT2D eigenvalue weighted by Crippen LogP contribution is -1.95. The summed E-state index contributed by atoms with van der Waals surface area (Å²) in [7, 11) is 0. The SMILES string of the molecule is C#CCOc1ccc(Cl)cc1/C=C/C(=O)O. The van der Waals surface area contributed by atoms with Gasteiger partial charge in [-0.1, -0.05) is 17.5 Å². The van der Waals surface area contributed by atoms with Crippen molar-refractivity contribution in [3.63, 3.8) is 0 Å². The Morgan fingerprint density at radius 1 is 1.62 bits per heavy atom. The molecule has 0 aliphatic heterocycles. The summed E-state index contributed by atoms with van der Waals surface area (Å²) in [6, 6.07) is 4.89. The molecule has 0 fully saturated rings. The Bertz CT molecular complexity index is 458. The van der Waals surface area contributed by atoms with Gasteiger partial charge in [-0.3, -0.25) is 0 Å². The van der Waals surface area contributed by atoms with Crippen LogP contribution in [0.1, 0.15) is 5.56 Å². The fourth-order valence-corrected chi connectivity index (χ4v) is 1.24. The first-order valence-electron chi connectivity index (χ1n) is 4.40. The lowest BCUT2D eigenvalue weighted by atomic mass is 10.2. The highest BCUT2D eigenvalue weighted by molar-refractivity contribution is 6.30. The zero-order valence-corrected chi connectivity index (χ0v) is 9.07. The van der Waals surface area contributed by atoms with Crippen molar-refractivity contribution in [2.75, 3.05) is 6.61 Å². The van der Waals surface area contributed by atoms with E-state index >= 15 is 0 Å². The minimum atomic E-state index is -1.04. The summed E-state index contributed by atoms with van der Waals surface area (Å²) in [4.78, 5) is 10.4. The summed E-state index contributed by atoms with van der Waals surface area (Å²) in [5.74, 6) is 1.79. The van der Waals surface area contributed by atoms with Crippen molar-refractivity contribution < 1.29 is 14.6 Å². The predicted molar refractivity (Wildman–Crippen MR) is 62.4 cm³/mol. The van der Waals surface area contributed by atoms with Gasteiger partial charge in [-0.05, 0) is 24.3 Å². The van der Waals surface area contributed by atoms with E-state index in [0.717, 1.165) is 6.08 Å². The minimum Gasteiger partial charge on any atom is -0.480 e. The first-order chi connectivity index (χ1) is 7.63. The van der Waals surface area contributed by atoms with Gasteiger partial charge in [0.05, 0.1) is 0 Å². The van der Waals surface area contributed by atoms with E-state index in [4.69, 9.17) is 27.9 Å². The van der Waals surface area contributed by atoms with Crippen LogP contribution in [0.4, 0.5) is 0 Å². The van der Waals surface area contributed by atoms with Crippen LogP contribution in [0, 0.1) is 12.3 Å². The smallest absolute Gasteiger partial charge is 0.328 e. The number of carboxylic acid groups (broad SMARTS) is 1. The highest BCUT2D eigenvalue weighted by atomic mass is 35.5. The maximum atomic E-state index is 10.4. The van der Waals surface area contributed by atoms with Gasteiger partial charge in [0.1, 0.15) is 12.4 Å². The molecule has 0 aliphatic rings. The molecule has 1 aromatic rings. The first kappa shape index (κ1) is 12.2. The second-order valence-corrected chi connectivity index (χ2v) is 3.28. The van der Waals surface area contributed by atoms with E-state index < -0.39 is 5.97 Å². The third-order valence-corrected chi connectivity index (χ3v) is 1.92. The molecule has 0 bridgehead atoms. The Morgan fingerprint density at radius 3 is 3.00 bits per heavy atom. The van der Waals surface area contributed by atoms with Crippen LogP contribution in [-0.2, 0) is 4.79 Å². The molecule has 0 aliphatic carbocycles. The number of rotatable bonds is 4. The van der Waals surface area contributed by atoms with Gasteiger partial charge in [-0.15, -0.1) is 6.42 Å². The number of ether oxygens (including phenoxy) is 1. The molecule has 16 heavy (non-hydrogen) atoms. The lowest BCUT2D eigenvalue weighted by Gasteiger charge is -2.06. The predicted octanol–water partition coefficient (Wildman–Crippen LogP) is 2.45. The quantitative estimate of drug-likeness (QED) is 0.645. The van der Waals surface area contributed by atoms with Crippen molar-refractivity contribution in [2.45, 2.75) is 0 Å². The van der Waals surface area contributed by atoms with Gasteiger partial charge in [-0.25, -0.2) is 4.79 Å². The Kier molecular flexibility index (Phi) is 4.43. The van der Waals surface area contributed by atoms with Crippen molar-refractivity contribution in [1.29, 1.82) is 0 Å². The number of benzene rings is 1. The highest BCUT2D eigenvalue weighted by Gasteiger charge is 2.02. The largest absolute Gasteiger partial charge is 0.480 e. The average molecular weight is 237 g/mol. The van der Waals surface area contributed by atoms with Crippen molar-refractivity contribution in [3.05, 3.63) is 34.9 Å². The molecule has 0 heterocycles. The van der Waals surface area contributed by atoms with Crippen LogP contribution in [0.25, 0.3) is 6.08 Å². The van der Waals surface area contributed by atoms with E-state index in [9.17, 15) is 4.79 Å². The van der Waals surface area contributed by atoms with E-state index in [1.165, 1.54) is 6.08 Å². The molecule has 0 radical (unpaired) electrons. The normalized spacial score (nSPS) is 10.0. The minimum absolute atomic E-state index is 0.121. The van der Waals surface area contributed by atoms with Crippen LogP contribution >= 0.6 is 11.6 Å². The summed E-state index contributed by atoms with van der Waals surface area (Å²) in [5.41, 5.74) is 0.574. The summed E-state index contributed by atoms with van der Waals surface area (Å²) in [5, 5.41) is 9.02. The van der Waals surface area contributed by atoms with Gasteiger partial charge >= 0.3 is 5.97 Å². The number of carbonyl (C=O) groups is 1. The number of terminal acetylenes is 1. The second kappa shape index (κ2) is 5.84. The van der Waals surface area contributed by atoms with Crippen molar-refractivity contribution in [2.24, 2.45) is 0 Å². The molecule has 0 saturated heterocycles. The van der Waals surface area contributed by atoms with Gasteiger partial charge in [-0.2, -0.15) is 0 Å². The van der Waals surface area contributed by atoms with Crippen LogP contribution in [0.15, 0.2) is 24.3 Å². The summed E-state index contributed by atoms with van der Waals surface area (Å²) < 4.78 is 5.23. The van der Waals surface area contributed by atoms with Crippen molar-refractivity contribution in [1.82, 2.24) is 0 Å². The number of halogens is 1. The number of aliphatic carboxylic acids is 1. The first-order valence-corrected chi connectivity index (χ1v) is 4.78. The topological polar surface area (TPSA) is 46.5 Å². The van der Waals surface area contributed by atoms with E-state index in [2.05, 4.69) is 5.92 Å². The molecule has 0 amide bonds. The van der Waals surface area contributed by atoms with E-state index in [-0.39, 0.29) is 6.61 Å². The van der Waals surface area contributed by atoms with Crippen LogP contribution < -0.4 is 4.74 Å². The molecule has 4 heteroatoms. The number of hydrogen-bond acceptors (Lipinski definition) is 2. The summed E-state index contributed by atoms with van der Waals surface area (Å²) >= 11 is 5.79. The monoisotopic (exact) mass is 236 g/mol. The molecule has 3 nitrogen and oxygen atoms in total. The zero-order chi connectivity index (χ0) is 12.0. The maximum absolute atomic E-state index is 10.4. The molecular weight excluding hydrogens is 228 g/mol. The molecule has 0 saturated carbocycles. The van der Waals surface area contributed by atoms with Crippen molar-refractivity contribution in [3.8, 4) is 18.1 Å². The molecule has 0 aromatic heterocycles. The zero-order valence-electron chi connectivity index (χ0n) is 8.31. The summed E-state index contributed by atoms with van der Waals surface area (Å²) in [6.07, 6.45) is 7.48. The Labute approximate surface area is 98.3 Å². The molecule has 1 N–H and O–H groups in total. The Balaban J connectivity index is 2.99. The second-order valence-electron chi connectivity index (χ2n) is 2.85. The van der Waals surface area contributed by atoms with Gasteiger partial charge < -0.3 is 9.84 Å². The van der Waals surface area contributed by atoms with Crippen LogP contribution in [0.3, 0.4) is 0 Å². The Hall–Kier alpha value is -1.92. The highest BCUT2D eigenvalue weighted by Crippen LogP contribution is 2.24. The lowest BCUT2D eigenvalue weighted by molar-refractivity contribution is -0.131. The van der Waals surface area contributed by atoms with Crippen LogP contribution in [0.2, 0.25) is 5.02 Å². The molecule has 1 rings (SSSR count). The molecule has 82 valence electrons. The Morgan fingerprint density at radius 2 is 2.38 bits per heavy atom. The molecule has 1 aromatic carbocycles. The van der Waals surface area contributed by atoms with Crippen LogP contribution in [-0.4, -0.2) is 17.7 Å². The molecule has 0 unspecified atom stereocenters. The van der Waals surface area contributed by atoms with Gasteiger partial charge in [0.25, 0.3) is 0 Å². The fraction of sp³-hybridized carbons (Fsp3) is 0.0833. The maximum Gasteiger partial charge on any atom is 0.328 e. The van der Waals surface area contributed by atoms with E-state index in [1.54, 1.807) is 18.2 Å². The van der Waals surface area contributed by atoms with Crippen LogP contribution in [0.5, 0.6) is 5.75 Å². The third-order valence-electron chi connectivity index (χ3n) is 1.69.